The van der Waals surface area contributed by atoms with Crippen LogP contribution in [0, 0.1) is 5.92 Å². The number of carbonyl (C=O) groups is 1. The summed E-state index contributed by atoms with van der Waals surface area (Å²) in [6.07, 6.45) is 0.477. The minimum absolute atomic E-state index is 0.00535. The minimum atomic E-state index is -0.868. The number of nitrogens with zero attached hydrogens (tertiary/aromatic N) is 2. The maximum atomic E-state index is 11.1. The first-order valence-electron chi connectivity index (χ1n) is 11.0. The second-order valence-corrected chi connectivity index (χ2v) is 8.73. The highest BCUT2D eigenvalue weighted by molar-refractivity contribution is 6.32. The van der Waals surface area contributed by atoms with E-state index in [9.17, 15) is 4.79 Å². The highest BCUT2D eigenvalue weighted by Gasteiger charge is 2.49. The van der Waals surface area contributed by atoms with Gasteiger partial charge in [-0.1, -0.05) is 11.6 Å². The number of hydrogen-bond donors (Lipinski definition) is 2. The van der Waals surface area contributed by atoms with Gasteiger partial charge in [-0.15, -0.1) is 0 Å². The fraction of sp³-hybridized carbons (Fsp3) is 0.375. The van der Waals surface area contributed by atoms with E-state index < -0.39 is 5.97 Å². The molecule has 10 nitrogen and oxygen atoms in total. The smallest absolute Gasteiger partial charge is 0.303 e. The lowest BCUT2D eigenvalue weighted by molar-refractivity contribution is -0.138. The predicted octanol–water partition coefficient (Wildman–Crippen LogP) is 3.68. The fourth-order valence-electron chi connectivity index (χ4n) is 4.50. The number of fused-ring (bicyclic) bond motifs is 2. The van der Waals surface area contributed by atoms with Crippen LogP contribution in [0.2, 0.25) is 5.02 Å². The first-order chi connectivity index (χ1) is 17.0. The van der Waals surface area contributed by atoms with Crippen LogP contribution in [0.4, 0.5) is 11.5 Å². The fourth-order valence-corrected chi connectivity index (χ4v) is 4.73. The van der Waals surface area contributed by atoms with Crippen molar-refractivity contribution < 1.29 is 33.6 Å². The van der Waals surface area contributed by atoms with E-state index in [2.05, 4.69) is 15.3 Å². The van der Waals surface area contributed by atoms with Gasteiger partial charge in [-0.25, -0.2) is 9.97 Å². The number of carboxylic acid groups (broad SMARTS) is 1. The molecule has 0 amide bonds. The van der Waals surface area contributed by atoms with Crippen LogP contribution in [0.25, 0.3) is 10.9 Å². The molecule has 2 aromatic carbocycles. The molecule has 0 saturated carbocycles. The van der Waals surface area contributed by atoms with Gasteiger partial charge in [0.05, 0.1) is 50.5 Å². The van der Waals surface area contributed by atoms with Crippen molar-refractivity contribution in [3.05, 3.63) is 41.7 Å². The number of rotatable bonds is 8. The Hall–Kier alpha value is -3.34. The summed E-state index contributed by atoms with van der Waals surface area (Å²) in [4.78, 5) is 19.8. The van der Waals surface area contributed by atoms with Gasteiger partial charge in [0.2, 0.25) is 0 Å². The molecule has 2 saturated heterocycles. The van der Waals surface area contributed by atoms with Crippen LogP contribution in [0.1, 0.15) is 6.42 Å². The molecule has 2 aliphatic heterocycles. The lowest BCUT2D eigenvalue weighted by Crippen LogP contribution is -2.33. The Balaban J connectivity index is 1.32. The molecule has 35 heavy (non-hydrogen) atoms. The summed E-state index contributed by atoms with van der Waals surface area (Å²) in [6, 6.07) is 8.92. The van der Waals surface area contributed by atoms with Gasteiger partial charge >= 0.3 is 5.97 Å². The Morgan fingerprint density at radius 3 is 2.60 bits per heavy atom. The van der Waals surface area contributed by atoms with E-state index in [1.54, 1.807) is 32.4 Å². The third-order valence-corrected chi connectivity index (χ3v) is 6.46. The van der Waals surface area contributed by atoms with Crippen molar-refractivity contribution >= 4 is 40.0 Å². The molecule has 3 aromatic rings. The van der Waals surface area contributed by atoms with Crippen LogP contribution >= 0.6 is 11.6 Å². The molecule has 11 heteroatoms. The van der Waals surface area contributed by atoms with E-state index in [4.69, 9.17) is 40.4 Å². The third kappa shape index (κ3) is 4.64. The van der Waals surface area contributed by atoms with Crippen molar-refractivity contribution in [3.8, 4) is 17.2 Å². The number of aliphatic carboxylic acids is 1. The van der Waals surface area contributed by atoms with Gasteiger partial charge in [0, 0.05) is 23.1 Å². The lowest BCUT2D eigenvalue weighted by atomic mass is 9.98. The third-order valence-electron chi connectivity index (χ3n) is 6.16. The van der Waals surface area contributed by atoms with Gasteiger partial charge in [-0.05, 0) is 24.3 Å². The van der Waals surface area contributed by atoms with Crippen LogP contribution in [-0.2, 0) is 14.3 Å². The molecule has 4 atom stereocenters. The standard InChI is InChI=1S/C24H24ClN3O7/c1-31-18-7-14-16(8-19(18)32-2)26-11-27-24(14)28-13-3-4-17(15(25)6-13)35-20-10-34-22-12(5-21(29)30)9-33-23(20)22/h3-4,6-8,11-12,20,22-23H,5,9-10H2,1-2H3,(H,29,30)(H,26,27,28)/t12-,20-,22+,23-/m0/s1. The van der Waals surface area contributed by atoms with E-state index >= 15 is 0 Å². The molecule has 2 aliphatic rings. The highest BCUT2D eigenvalue weighted by atomic mass is 35.5. The van der Waals surface area contributed by atoms with E-state index in [0.717, 1.165) is 5.39 Å². The summed E-state index contributed by atoms with van der Waals surface area (Å²) in [7, 11) is 3.14. The van der Waals surface area contributed by atoms with Gasteiger partial charge < -0.3 is 34.1 Å². The summed E-state index contributed by atoms with van der Waals surface area (Å²) in [5.74, 6) is 1.15. The Morgan fingerprint density at radius 1 is 1.09 bits per heavy atom. The molecular weight excluding hydrogens is 478 g/mol. The monoisotopic (exact) mass is 501 g/mol. The molecule has 0 radical (unpaired) electrons. The minimum Gasteiger partial charge on any atom is -0.493 e. The van der Waals surface area contributed by atoms with Gasteiger partial charge in [0.25, 0.3) is 0 Å². The van der Waals surface area contributed by atoms with Gasteiger partial charge in [0.1, 0.15) is 24.0 Å². The number of anilines is 2. The number of hydrogen-bond acceptors (Lipinski definition) is 9. The molecule has 3 heterocycles. The van der Waals surface area contributed by atoms with Crippen LogP contribution in [0.5, 0.6) is 17.2 Å². The van der Waals surface area contributed by atoms with Crippen molar-refractivity contribution in [3.63, 3.8) is 0 Å². The zero-order chi connectivity index (χ0) is 24.5. The maximum absolute atomic E-state index is 11.1. The van der Waals surface area contributed by atoms with Gasteiger partial charge in [0.15, 0.2) is 17.6 Å². The number of carboxylic acids is 1. The molecule has 0 unspecified atom stereocenters. The largest absolute Gasteiger partial charge is 0.493 e. The molecule has 5 rings (SSSR count). The van der Waals surface area contributed by atoms with Gasteiger partial charge in [-0.3, -0.25) is 4.79 Å². The average Bonchev–Trinajstić information content (AvgIpc) is 3.43. The number of benzene rings is 2. The lowest BCUT2D eigenvalue weighted by Gasteiger charge is -2.19. The first kappa shape index (κ1) is 23.4. The van der Waals surface area contributed by atoms with Crippen LogP contribution < -0.4 is 19.5 Å². The Labute approximate surface area is 206 Å². The van der Waals surface area contributed by atoms with Gasteiger partial charge in [-0.2, -0.15) is 0 Å². The molecule has 0 bridgehead atoms. The summed E-state index contributed by atoms with van der Waals surface area (Å²) in [6.45, 7) is 0.641. The highest BCUT2D eigenvalue weighted by Crippen LogP contribution is 2.38. The second-order valence-electron chi connectivity index (χ2n) is 8.33. The van der Waals surface area contributed by atoms with Crippen molar-refractivity contribution in [2.24, 2.45) is 5.92 Å². The van der Waals surface area contributed by atoms with Crippen molar-refractivity contribution in [1.29, 1.82) is 0 Å². The topological polar surface area (TPSA) is 121 Å². The summed E-state index contributed by atoms with van der Waals surface area (Å²) < 4.78 is 28.4. The quantitative estimate of drug-likeness (QED) is 0.472. The number of methoxy groups -OCH3 is 2. The zero-order valence-corrected chi connectivity index (χ0v) is 19.8. The Morgan fingerprint density at radius 2 is 1.86 bits per heavy atom. The summed E-state index contributed by atoms with van der Waals surface area (Å²) in [5.41, 5.74) is 1.40. The molecule has 1 aromatic heterocycles. The van der Waals surface area contributed by atoms with E-state index in [1.165, 1.54) is 6.33 Å². The Kier molecular flexibility index (Phi) is 6.50. The number of halogens is 1. The molecule has 2 N–H and O–H groups in total. The molecule has 184 valence electrons. The molecule has 0 spiro atoms. The molecular formula is C24H24ClN3O7. The number of aromatic nitrogens is 2. The predicted molar refractivity (Wildman–Crippen MR) is 127 cm³/mol. The van der Waals surface area contributed by atoms with E-state index in [0.29, 0.717) is 52.5 Å². The zero-order valence-electron chi connectivity index (χ0n) is 19.1. The maximum Gasteiger partial charge on any atom is 0.303 e. The van der Waals surface area contributed by atoms with Crippen molar-refractivity contribution in [2.45, 2.75) is 24.7 Å². The number of ether oxygens (including phenoxy) is 5. The second kappa shape index (κ2) is 9.73. The molecule has 2 fully saturated rings. The van der Waals surface area contributed by atoms with E-state index in [1.807, 2.05) is 12.1 Å². The normalized spacial score (nSPS) is 23.2. The SMILES string of the molecule is COc1cc2ncnc(Nc3ccc(O[C@H]4CO[C@@H]5[C@@H](CC(=O)O)CO[C@H]54)c(Cl)c3)c2cc1OC. The average molecular weight is 502 g/mol. The van der Waals surface area contributed by atoms with Crippen LogP contribution in [0.3, 0.4) is 0 Å². The van der Waals surface area contributed by atoms with Crippen LogP contribution in [-0.4, -0.2) is 66.8 Å². The summed E-state index contributed by atoms with van der Waals surface area (Å²) in [5, 5.41) is 13.5. The van der Waals surface area contributed by atoms with E-state index in [-0.39, 0.29) is 30.7 Å². The molecule has 0 aliphatic carbocycles. The van der Waals surface area contributed by atoms with Crippen molar-refractivity contribution in [2.75, 3.05) is 32.8 Å². The first-order valence-corrected chi connectivity index (χ1v) is 11.4. The number of nitrogens with one attached hydrogen (secondary N) is 1. The summed E-state index contributed by atoms with van der Waals surface area (Å²) >= 11 is 6.53. The van der Waals surface area contributed by atoms with Crippen LogP contribution in [0.15, 0.2) is 36.7 Å². The van der Waals surface area contributed by atoms with Crippen molar-refractivity contribution in [1.82, 2.24) is 9.97 Å². The Bertz CT molecular complexity index is 1260.